The fourth-order valence-electron chi connectivity index (χ4n) is 4.01. The highest BCUT2D eigenvalue weighted by Crippen LogP contribution is 2.33. The lowest BCUT2D eigenvalue weighted by molar-refractivity contribution is 0.112. The van der Waals surface area contributed by atoms with Crippen molar-refractivity contribution in [1.82, 2.24) is 9.88 Å². The summed E-state index contributed by atoms with van der Waals surface area (Å²) in [5.41, 5.74) is 4.77. The van der Waals surface area contributed by atoms with Gasteiger partial charge in [-0.05, 0) is 62.4 Å². The Morgan fingerprint density at radius 2 is 2.10 bits per heavy atom. The van der Waals surface area contributed by atoms with E-state index in [1.54, 1.807) is 0 Å². The summed E-state index contributed by atoms with van der Waals surface area (Å²) < 4.78 is 0. The molecule has 1 aliphatic heterocycles. The molecule has 0 bridgehead atoms. The molecule has 20 heavy (non-hydrogen) atoms. The van der Waals surface area contributed by atoms with Crippen molar-refractivity contribution < 1.29 is 4.79 Å². The Bertz CT molecular complexity index is 652. The van der Waals surface area contributed by atoms with Gasteiger partial charge in [-0.3, -0.25) is 4.79 Å². The molecule has 0 amide bonds. The van der Waals surface area contributed by atoms with E-state index in [0.717, 1.165) is 30.2 Å². The number of H-pyrrole nitrogens is 1. The molecular formula is C17H20N2O. The Labute approximate surface area is 119 Å². The normalized spacial score (nSPS) is 23.1. The van der Waals surface area contributed by atoms with Crippen molar-refractivity contribution in [3.63, 3.8) is 0 Å². The van der Waals surface area contributed by atoms with Crippen molar-refractivity contribution in [1.29, 1.82) is 0 Å². The third-order valence-corrected chi connectivity index (χ3v) is 5.05. The summed E-state index contributed by atoms with van der Waals surface area (Å²) >= 11 is 0. The third-order valence-electron chi connectivity index (χ3n) is 5.05. The highest BCUT2D eigenvalue weighted by Gasteiger charge is 2.27. The Morgan fingerprint density at radius 1 is 1.25 bits per heavy atom. The topological polar surface area (TPSA) is 36.1 Å². The molecule has 1 atom stereocenters. The molecule has 1 fully saturated rings. The van der Waals surface area contributed by atoms with Gasteiger partial charge in [0.25, 0.3) is 0 Å². The molecule has 1 N–H and O–H groups in total. The largest absolute Gasteiger partial charge is 0.360 e. The van der Waals surface area contributed by atoms with Crippen LogP contribution in [0.4, 0.5) is 0 Å². The van der Waals surface area contributed by atoms with Crippen LogP contribution in [0.5, 0.6) is 0 Å². The Morgan fingerprint density at radius 3 is 2.90 bits per heavy atom. The van der Waals surface area contributed by atoms with E-state index in [9.17, 15) is 4.79 Å². The van der Waals surface area contributed by atoms with Gasteiger partial charge in [0.2, 0.25) is 0 Å². The number of hydrogen-bond acceptors (Lipinski definition) is 2. The van der Waals surface area contributed by atoms with Crippen LogP contribution in [0, 0.1) is 0 Å². The molecule has 1 aliphatic carbocycles. The molecule has 2 aromatic rings. The second kappa shape index (κ2) is 4.74. The highest BCUT2D eigenvalue weighted by atomic mass is 16.1. The third kappa shape index (κ3) is 1.80. The van der Waals surface area contributed by atoms with Crippen LogP contribution < -0.4 is 0 Å². The summed E-state index contributed by atoms with van der Waals surface area (Å²) in [6, 6.07) is 5.03. The summed E-state index contributed by atoms with van der Waals surface area (Å²) in [5.74, 6) is 0. The number of carbonyl (C=O) groups is 1. The number of benzene rings is 1. The van der Waals surface area contributed by atoms with Gasteiger partial charge >= 0.3 is 0 Å². The van der Waals surface area contributed by atoms with Gasteiger partial charge in [-0.2, -0.15) is 0 Å². The van der Waals surface area contributed by atoms with Gasteiger partial charge in [-0.25, -0.2) is 0 Å². The summed E-state index contributed by atoms with van der Waals surface area (Å²) in [6.07, 6.45) is 9.03. The predicted octanol–water partition coefficient (Wildman–Crippen LogP) is 2.93. The zero-order valence-electron chi connectivity index (χ0n) is 11.7. The fourth-order valence-corrected chi connectivity index (χ4v) is 4.01. The van der Waals surface area contributed by atoms with Crippen LogP contribution in [0.3, 0.4) is 0 Å². The minimum Gasteiger partial charge on any atom is -0.360 e. The van der Waals surface area contributed by atoms with Crippen molar-refractivity contribution in [2.24, 2.45) is 0 Å². The van der Waals surface area contributed by atoms with Crippen molar-refractivity contribution in [3.05, 3.63) is 35.0 Å². The second-order valence-electron chi connectivity index (χ2n) is 6.13. The highest BCUT2D eigenvalue weighted by molar-refractivity contribution is 5.99. The first kappa shape index (κ1) is 12.2. The molecule has 0 spiro atoms. The van der Waals surface area contributed by atoms with Crippen molar-refractivity contribution in [2.45, 2.75) is 38.1 Å². The number of aldehydes is 1. The minimum atomic E-state index is 0.671. The molecule has 2 heterocycles. The van der Waals surface area contributed by atoms with Crippen molar-refractivity contribution in [2.75, 3.05) is 13.1 Å². The summed E-state index contributed by atoms with van der Waals surface area (Å²) in [5, 5.41) is 1.17. The summed E-state index contributed by atoms with van der Waals surface area (Å²) in [7, 11) is 0. The quantitative estimate of drug-likeness (QED) is 0.850. The molecule has 3 heteroatoms. The summed E-state index contributed by atoms with van der Waals surface area (Å²) in [6.45, 7) is 2.51. The van der Waals surface area contributed by atoms with Gasteiger partial charge in [0.15, 0.2) is 6.29 Å². The molecule has 1 aromatic heterocycles. The van der Waals surface area contributed by atoms with E-state index in [-0.39, 0.29) is 0 Å². The number of likely N-dealkylation sites (tertiary alicyclic amines) is 1. The standard InChI is InChI=1S/C17H20N2O/c20-11-13-10-18-16-6-4-12-3-5-14(9-15(12)17(13)16)19-7-1-2-8-19/h4,6,10-11,14,18H,1-3,5,7-9H2/t14-/m0/s1. The van der Waals surface area contributed by atoms with Crippen molar-refractivity contribution >= 4 is 17.2 Å². The monoisotopic (exact) mass is 268 g/mol. The number of aromatic nitrogens is 1. The average molecular weight is 268 g/mol. The number of nitrogens with zero attached hydrogens (tertiary/aromatic N) is 1. The van der Waals surface area contributed by atoms with E-state index in [0.29, 0.717) is 6.04 Å². The molecule has 1 saturated heterocycles. The van der Waals surface area contributed by atoms with Crippen LogP contribution in [0.25, 0.3) is 10.9 Å². The maximum atomic E-state index is 11.3. The molecule has 2 aliphatic rings. The van der Waals surface area contributed by atoms with E-state index < -0.39 is 0 Å². The minimum absolute atomic E-state index is 0.671. The maximum absolute atomic E-state index is 11.3. The van der Waals surface area contributed by atoms with Gasteiger partial charge in [0, 0.05) is 28.7 Å². The smallest absolute Gasteiger partial charge is 0.152 e. The Balaban J connectivity index is 1.77. The number of fused-ring (bicyclic) bond motifs is 3. The number of carbonyl (C=O) groups excluding carboxylic acids is 1. The number of nitrogens with one attached hydrogen (secondary N) is 1. The number of rotatable bonds is 2. The lowest BCUT2D eigenvalue weighted by Gasteiger charge is -2.32. The van der Waals surface area contributed by atoms with Crippen LogP contribution in [0.1, 0.15) is 40.7 Å². The SMILES string of the molecule is O=Cc1c[nH]c2ccc3c(c12)C[C@@H](N1CCCC1)CC3. The van der Waals surface area contributed by atoms with Crippen LogP contribution in [0.15, 0.2) is 18.3 Å². The number of aromatic amines is 1. The molecule has 4 rings (SSSR count). The first-order valence-corrected chi connectivity index (χ1v) is 7.68. The van der Waals surface area contributed by atoms with Gasteiger partial charge in [-0.15, -0.1) is 0 Å². The van der Waals surface area contributed by atoms with E-state index in [1.165, 1.54) is 48.9 Å². The van der Waals surface area contributed by atoms with Crippen LogP contribution >= 0.6 is 0 Å². The first-order valence-electron chi connectivity index (χ1n) is 7.68. The van der Waals surface area contributed by atoms with E-state index >= 15 is 0 Å². The van der Waals surface area contributed by atoms with Crippen LogP contribution in [0.2, 0.25) is 0 Å². The fraction of sp³-hybridized carbons (Fsp3) is 0.471. The van der Waals surface area contributed by atoms with Crippen LogP contribution in [-0.4, -0.2) is 35.3 Å². The van der Waals surface area contributed by atoms with Crippen molar-refractivity contribution in [3.8, 4) is 0 Å². The lowest BCUT2D eigenvalue weighted by Crippen LogP contribution is -2.37. The summed E-state index contributed by atoms with van der Waals surface area (Å²) in [4.78, 5) is 17.2. The molecule has 3 nitrogen and oxygen atoms in total. The molecule has 0 unspecified atom stereocenters. The maximum Gasteiger partial charge on any atom is 0.152 e. The number of aryl methyl sites for hydroxylation is 1. The zero-order chi connectivity index (χ0) is 13.5. The predicted molar refractivity (Wildman–Crippen MR) is 80.3 cm³/mol. The molecule has 0 saturated carbocycles. The Hall–Kier alpha value is -1.61. The van der Waals surface area contributed by atoms with E-state index in [2.05, 4.69) is 22.0 Å². The van der Waals surface area contributed by atoms with Gasteiger partial charge in [0.05, 0.1) is 0 Å². The molecule has 104 valence electrons. The molecule has 0 radical (unpaired) electrons. The molecular weight excluding hydrogens is 248 g/mol. The van der Waals surface area contributed by atoms with E-state index in [4.69, 9.17) is 0 Å². The Kier molecular flexibility index (Phi) is 2.88. The van der Waals surface area contributed by atoms with Gasteiger partial charge < -0.3 is 9.88 Å². The average Bonchev–Trinajstić information content (AvgIpc) is 3.15. The van der Waals surface area contributed by atoms with Gasteiger partial charge in [0.1, 0.15) is 0 Å². The van der Waals surface area contributed by atoms with Crippen LogP contribution in [-0.2, 0) is 12.8 Å². The lowest BCUT2D eigenvalue weighted by atomic mass is 9.85. The second-order valence-corrected chi connectivity index (χ2v) is 6.13. The first-order chi connectivity index (χ1) is 9.86. The zero-order valence-corrected chi connectivity index (χ0v) is 11.7. The van der Waals surface area contributed by atoms with E-state index in [1.807, 2.05) is 6.20 Å². The van der Waals surface area contributed by atoms with Gasteiger partial charge in [-0.1, -0.05) is 6.07 Å². The molecule has 1 aromatic carbocycles. The number of hydrogen-bond donors (Lipinski definition) is 1.